The molecule has 1 aliphatic heterocycles. The van der Waals surface area contributed by atoms with E-state index in [-0.39, 0.29) is 0 Å². The largest absolute Gasteiger partial charge is 0.508 e. The van der Waals surface area contributed by atoms with E-state index in [1.165, 1.54) is 0 Å². The van der Waals surface area contributed by atoms with Crippen LogP contribution in [0.3, 0.4) is 0 Å². The molecule has 1 aromatic rings. The van der Waals surface area contributed by atoms with E-state index < -0.39 is 0 Å². The molecule has 0 saturated heterocycles. The summed E-state index contributed by atoms with van der Waals surface area (Å²) in [6, 6.07) is 7.76. The number of nitriles is 1. The Hall–Kier alpha value is -1.69. The van der Waals surface area contributed by atoms with Gasteiger partial charge in [0.15, 0.2) is 0 Å². The molecule has 0 amide bonds. The van der Waals surface area contributed by atoms with Crippen LogP contribution in [0.1, 0.15) is 18.4 Å². The number of nitrogens with zero attached hydrogens (tertiary/aromatic N) is 2. The number of phenols is 1. The van der Waals surface area contributed by atoms with E-state index in [0.717, 1.165) is 37.2 Å². The second kappa shape index (κ2) is 4.22. The lowest BCUT2D eigenvalue weighted by Gasteiger charge is -2.30. The van der Waals surface area contributed by atoms with E-state index in [1.54, 1.807) is 6.07 Å². The second-order valence-electron chi connectivity index (χ2n) is 3.77. The van der Waals surface area contributed by atoms with Crippen molar-refractivity contribution in [2.75, 3.05) is 18.0 Å². The third-order valence-corrected chi connectivity index (χ3v) is 2.82. The van der Waals surface area contributed by atoms with Gasteiger partial charge in [0.05, 0.1) is 12.5 Å². The van der Waals surface area contributed by atoms with Crippen LogP contribution in [0, 0.1) is 11.3 Å². The van der Waals surface area contributed by atoms with Crippen molar-refractivity contribution in [2.45, 2.75) is 19.3 Å². The van der Waals surface area contributed by atoms with Crippen molar-refractivity contribution in [1.82, 2.24) is 0 Å². The van der Waals surface area contributed by atoms with Crippen molar-refractivity contribution < 1.29 is 5.11 Å². The average Bonchev–Trinajstić information content (AvgIpc) is 2.27. The van der Waals surface area contributed by atoms with Crippen LogP contribution >= 0.6 is 0 Å². The molecule has 1 aliphatic rings. The number of hydrogen-bond donors (Lipinski definition) is 1. The van der Waals surface area contributed by atoms with Gasteiger partial charge in [0, 0.05) is 24.3 Å². The molecule has 1 aromatic carbocycles. The summed E-state index contributed by atoms with van der Waals surface area (Å²) in [5, 5.41) is 18.3. The highest BCUT2D eigenvalue weighted by molar-refractivity contribution is 5.60. The Labute approximate surface area is 89.6 Å². The number of anilines is 1. The van der Waals surface area contributed by atoms with Crippen LogP contribution in [-0.2, 0) is 6.42 Å². The number of aromatic hydroxyl groups is 1. The lowest BCUT2D eigenvalue weighted by molar-refractivity contribution is 0.464. The van der Waals surface area contributed by atoms with E-state index in [0.29, 0.717) is 12.2 Å². The Balaban J connectivity index is 2.27. The van der Waals surface area contributed by atoms with Crippen LogP contribution in [0.5, 0.6) is 5.75 Å². The standard InChI is InChI=1S/C12H14N2O/c13-7-3-9-14-8-2-4-10-11(14)5-1-6-12(10)15/h1,5-6,15H,2-4,8-9H2. The zero-order valence-electron chi connectivity index (χ0n) is 8.61. The third-order valence-electron chi connectivity index (χ3n) is 2.82. The van der Waals surface area contributed by atoms with Crippen molar-refractivity contribution >= 4 is 5.69 Å². The summed E-state index contributed by atoms with van der Waals surface area (Å²) in [4.78, 5) is 2.18. The predicted octanol–water partition coefficient (Wildman–Crippen LogP) is 2.06. The maximum atomic E-state index is 9.71. The van der Waals surface area contributed by atoms with Gasteiger partial charge in [0.25, 0.3) is 0 Å². The predicted molar refractivity (Wildman–Crippen MR) is 58.9 cm³/mol. The van der Waals surface area contributed by atoms with E-state index in [4.69, 9.17) is 5.26 Å². The van der Waals surface area contributed by atoms with Gasteiger partial charge in [0.1, 0.15) is 5.75 Å². The zero-order valence-corrected chi connectivity index (χ0v) is 8.61. The molecule has 78 valence electrons. The normalized spacial score (nSPS) is 14.5. The quantitative estimate of drug-likeness (QED) is 0.798. The SMILES string of the molecule is N#CCCN1CCCc2c(O)cccc21. The van der Waals surface area contributed by atoms with Gasteiger partial charge < -0.3 is 10.0 Å². The molecule has 0 aromatic heterocycles. The van der Waals surface area contributed by atoms with E-state index >= 15 is 0 Å². The van der Waals surface area contributed by atoms with Gasteiger partial charge in [-0.05, 0) is 25.0 Å². The molecule has 0 atom stereocenters. The summed E-state index contributed by atoms with van der Waals surface area (Å²) in [5.41, 5.74) is 2.12. The summed E-state index contributed by atoms with van der Waals surface area (Å²) in [5.74, 6) is 0.383. The van der Waals surface area contributed by atoms with Crippen molar-refractivity contribution in [3.05, 3.63) is 23.8 Å². The van der Waals surface area contributed by atoms with Crippen LogP contribution in [0.15, 0.2) is 18.2 Å². The molecule has 0 spiro atoms. The smallest absolute Gasteiger partial charge is 0.120 e. The Morgan fingerprint density at radius 1 is 1.47 bits per heavy atom. The maximum absolute atomic E-state index is 9.71. The average molecular weight is 202 g/mol. The number of rotatable bonds is 2. The second-order valence-corrected chi connectivity index (χ2v) is 3.77. The molecule has 0 radical (unpaired) electrons. The minimum Gasteiger partial charge on any atom is -0.508 e. The molecule has 0 saturated carbocycles. The number of fused-ring (bicyclic) bond motifs is 1. The minimum absolute atomic E-state index is 0.383. The number of phenolic OH excluding ortho intramolecular Hbond substituents is 1. The molecular formula is C12H14N2O. The fourth-order valence-electron chi connectivity index (χ4n) is 2.10. The van der Waals surface area contributed by atoms with Crippen molar-refractivity contribution in [3.63, 3.8) is 0 Å². The van der Waals surface area contributed by atoms with Crippen LogP contribution in [0.25, 0.3) is 0 Å². The first-order valence-electron chi connectivity index (χ1n) is 5.25. The van der Waals surface area contributed by atoms with Gasteiger partial charge in [-0.1, -0.05) is 6.07 Å². The minimum atomic E-state index is 0.383. The molecule has 1 N–H and O–H groups in total. The topological polar surface area (TPSA) is 47.3 Å². The molecule has 3 heteroatoms. The number of benzene rings is 1. The summed E-state index contributed by atoms with van der Waals surface area (Å²) < 4.78 is 0. The highest BCUT2D eigenvalue weighted by Gasteiger charge is 2.18. The summed E-state index contributed by atoms with van der Waals surface area (Å²) in [6.07, 6.45) is 2.52. The fraction of sp³-hybridized carbons (Fsp3) is 0.417. The summed E-state index contributed by atoms with van der Waals surface area (Å²) in [7, 11) is 0. The van der Waals surface area contributed by atoms with Gasteiger partial charge in [-0.15, -0.1) is 0 Å². The van der Waals surface area contributed by atoms with Gasteiger partial charge in [-0.2, -0.15) is 5.26 Å². The molecular weight excluding hydrogens is 188 g/mol. The van der Waals surface area contributed by atoms with Crippen LogP contribution < -0.4 is 4.90 Å². The van der Waals surface area contributed by atoms with E-state index in [1.807, 2.05) is 12.1 Å². The van der Waals surface area contributed by atoms with Gasteiger partial charge in [-0.3, -0.25) is 0 Å². The van der Waals surface area contributed by atoms with Crippen molar-refractivity contribution in [3.8, 4) is 11.8 Å². The lowest BCUT2D eigenvalue weighted by atomic mass is 10.0. The first-order chi connectivity index (χ1) is 7.33. The van der Waals surface area contributed by atoms with E-state index in [9.17, 15) is 5.11 Å². The Morgan fingerprint density at radius 3 is 3.13 bits per heavy atom. The molecule has 2 rings (SSSR count). The Bertz CT molecular complexity index is 395. The van der Waals surface area contributed by atoms with Crippen molar-refractivity contribution in [1.29, 1.82) is 5.26 Å². The Kier molecular flexibility index (Phi) is 2.77. The van der Waals surface area contributed by atoms with Gasteiger partial charge >= 0.3 is 0 Å². The molecule has 15 heavy (non-hydrogen) atoms. The van der Waals surface area contributed by atoms with Gasteiger partial charge in [0.2, 0.25) is 0 Å². The fourth-order valence-corrected chi connectivity index (χ4v) is 2.10. The monoisotopic (exact) mass is 202 g/mol. The molecule has 3 nitrogen and oxygen atoms in total. The molecule has 0 aliphatic carbocycles. The highest BCUT2D eigenvalue weighted by Crippen LogP contribution is 2.33. The summed E-state index contributed by atoms with van der Waals surface area (Å²) >= 11 is 0. The lowest BCUT2D eigenvalue weighted by Crippen LogP contribution is -2.30. The molecule has 1 heterocycles. The first-order valence-corrected chi connectivity index (χ1v) is 5.25. The summed E-state index contributed by atoms with van der Waals surface area (Å²) in [6.45, 7) is 1.74. The first kappa shape index (κ1) is 9.85. The van der Waals surface area contributed by atoms with Crippen molar-refractivity contribution in [2.24, 2.45) is 0 Å². The molecule has 0 unspecified atom stereocenters. The number of hydrogen-bond acceptors (Lipinski definition) is 3. The van der Waals surface area contributed by atoms with Crippen LogP contribution in [0.4, 0.5) is 5.69 Å². The molecule has 0 bridgehead atoms. The van der Waals surface area contributed by atoms with Gasteiger partial charge in [-0.25, -0.2) is 0 Å². The third kappa shape index (κ3) is 1.89. The zero-order chi connectivity index (χ0) is 10.7. The maximum Gasteiger partial charge on any atom is 0.120 e. The van der Waals surface area contributed by atoms with Crippen LogP contribution in [-0.4, -0.2) is 18.2 Å². The highest BCUT2D eigenvalue weighted by atomic mass is 16.3. The van der Waals surface area contributed by atoms with Crippen LogP contribution in [0.2, 0.25) is 0 Å². The van der Waals surface area contributed by atoms with E-state index in [2.05, 4.69) is 11.0 Å². The molecule has 0 fully saturated rings. The Morgan fingerprint density at radius 2 is 2.33 bits per heavy atom.